The van der Waals surface area contributed by atoms with Crippen molar-refractivity contribution in [1.29, 1.82) is 0 Å². The van der Waals surface area contributed by atoms with Crippen molar-refractivity contribution in [2.45, 2.75) is 129 Å². The number of Topliss-reactive ketones (excluding diaryl/α,β-unsaturated/α-hetero) is 1. The van der Waals surface area contributed by atoms with Crippen molar-refractivity contribution in [1.82, 2.24) is 0 Å². The highest BCUT2D eigenvalue weighted by atomic mass is 16.5. The van der Waals surface area contributed by atoms with Crippen LogP contribution in [0, 0.1) is 13.8 Å². The Kier molecular flexibility index (Phi) is 14.8. The first-order chi connectivity index (χ1) is 33.5. The maximum Gasteiger partial charge on any atom is 0.291 e. The summed E-state index contributed by atoms with van der Waals surface area (Å²) in [5.41, 5.74) is 12.7. The molecule has 11 heteroatoms. The number of fused-ring (bicyclic) bond motifs is 3. The number of furan rings is 2. The summed E-state index contributed by atoms with van der Waals surface area (Å²) >= 11 is 0. The maximum atomic E-state index is 13.1. The fourth-order valence-corrected chi connectivity index (χ4v) is 10.5. The highest BCUT2D eigenvalue weighted by Gasteiger charge is 2.31. The van der Waals surface area contributed by atoms with E-state index in [1.54, 1.807) is 45.6 Å². The van der Waals surface area contributed by atoms with Gasteiger partial charge in [-0.3, -0.25) is 9.59 Å². The molecule has 0 saturated carbocycles. The van der Waals surface area contributed by atoms with Gasteiger partial charge in [-0.2, -0.15) is 0 Å². The fourth-order valence-electron chi connectivity index (χ4n) is 10.5. The summed E-state index contributed by atoms with van der Waals surface area (Å²) in [6, 6.07) is 23.8. The van der Waals surface area contributed by atoms with Gasteiger partial charge in [-0.1, -0.05) is 52.0 Å². The number of carbonyl (C=O) groups excluding carboxylic acids is 2. The van der Waals surface area contributed by atoms with E-state index in [0.29, 0.717) is 47.3 Å². The van der Waals surface area contributed by atoms with Gasteiger partial charge < -0.3 is 42.6 Å². The number of anilines is 1. The molecule has 2 aromatic heterocycles. The van der Waals surface area contributed by atoms with E-state index in [9.17, 15) is 9.59 Å². The molecule has 0 bridgehead atoms. The summed E-state index contributed by atoms with van der Waals surface area (Å²) in [6.45, 7) is 13.6. The van der Waals surface area contributed by atoms with Crippen LogP contribution in [0.2, 0.25) is 0 Å². The number of rotatable bonds is 14. The Morgan fingerprint density at radius 1 is 0.614 bits per heavy atom. The number of ether oxygens (including phenoxy) is 6. The Balaban J connectivity index is 0.000000189. The summed E-state index contributed by atoms with van der Waals surface area (Å²) in [5, 5.41) is 2.85. The quantitative estimate of drug-likeness (QED) is 0.105. The number of nitrogens with one attached hydrogen (secondary N) is 1. The molecule has 0 spiro atoms. The molecule has 11 nitrogen and oxygen atoms in total. The largest absolute Gasteiger partial charge is 0.496 e. The summed E-state index contributed by atoms with van der Waals surface area (Å²) < 4.78 is 45.1. The van der Waals surface area contributed by atoms with Crippen LogP contribution in [-0.4, -0.2) is 53.3 Å². The Bertz CT molecular complexity index is 2850. The van der Waals surface area contributed by atoms with Gasteiger partial charge in [0.15, 0.2) is 11.5 Å². The third kappa shape index (κ3) is 10.7. The molecule has 1 unspecified atom stereocenters. The van der Waals surface area contributed by atoms with Crippen molar-refractivity contribution >= 4 is 17.4 Å². The lowest BCUT2D eigenvalue weighted by Crippen LogP contribution is -2.26. The predicted octanol–water partition coefficient (Wildman–Crippen LogP) is 12.8. The first-order valence-electron chi connectivity index (χ1n) is 24.5. The molecule has 6 aromatic rings. The van der Waals surface area contributed by atoms with Crippen molar-refractivity contribution in [2.24, 2.45) is 0 Å². The first kappa shape index (κ1) is 49.8. The van der Waals surface area contributed by atoms with Crippen LogP contribution in [0.4, 0.5) is 5.69 Å². The Morgan fingerprint density at radius 3 is 1.64 bits per heavy atom. The van der Waals surface area contributed by atoms with Crippen LogP contribution in [-0.2, 0) is 42.9 Å². The zero-order valence-electron chi connectivity index (χ0n) is 42.9. The molecule has 9 rings (SSSR count). The molecule has 0 saturated heterocycles. The lowest BCUT2D eigenvalue weighted by molar-refractivity contribution is 0.0853. The number of hydrogen-bond donors (Lipinski definition) is 1. The molecule has 3 heterocycles. The molecule has 1 amide bonds. The van der Waals surface area contributed by atoms with Crippen LogP contribution >= 0.6 is 0 Å². The zero-order chi connectivity index (χ0) is 49.9. The molecule has 1 N–H and O–H groups in total. The molecule has 370 valence electrons. The minimum Gasteiger partial charge on any atom is -0.496 e. The molecular formula is C59H69NO10. The van der Waals surface area contributed by atoms with Crippen LogP contribution in [0.15, 0.2) is 81.6 Å². The van der Waals surface area contributed by atoms with Crippen molar-refractivity contribution < 1.29 is 46.8 Å². The average molecular weight is 952 g/mol. The average Bonchev–Trinajstić information content (AvgIpc) is 4.02. The number of hydrogen-bond acceptors (Lipinski definition) is 10. The Morgan fingerprint density at radius 2 is 1.11 bits per heavy atom. The van der Waals surface area contributed by atoms with Gasteiger partial charge in [0.1, 0.15) is 57.8 Å². The molecule has 2 aliphatic carbocycles. The Hall–Kier alpha value is -6.62. The van der Waals surface area contributed by atoms with Gasteiger partial charge in [-0.15, -0.1) is 0 Å². The SMILES string of the molecule is COc1cc(OC)c(NC(=O)c2ccc(Cc3cc4c(cc3C)CCCC4(C)C)o2)c(OC)c1.COc1cc(OC)c2c(c1)OC(CC(=O)c1ccc(Cc3cc4c(cc3C)CCCC4(C)C)o1)CC2. The highest BCUT2D eigenvalue weighted by Crippen LogP contribution is 2.43. The van der Waals surface area contributed by atoms with Crippen LogP contribution < -0.4 is 33.7 Å². The van der Waals surface area contributed by atoms with Gasteiger partial charge in [0, 0.05) is 42.7 Å². The summed E-state index contributed by atoms with van der Waals surface area (Å²) in [5.74, 6) is 5.37. The number of carbonyl (C=O) groups is 2. The van der Waals surface area contributed by atoms with Gasteiger partial charge >= 0.3 is 0 Å². The van der Waals surface area contributed by atoms with E-state index in [4.69, 9.17) is 37.3 Å². The van der Waals surface area contributed by atoms with Crippen LogP contribution in [0.25, 0.3) is 0 Å². The van der Waals surface area contributed by atoms with E-state index in [1.807, 2.05) is 24.3 Å². The van der Waals surface area contributed by atoms with E-state index in [1.165, 1.54) is 84.4 Å². The van der Waals surface area contributed by atoms with Crippen LogP contribution in [0.3, 0.4) is 0 Å². The van der Waals surface area contributed by atoms with E-state index in [2.05, 4.69) is 71.1 Å². The zero-order valence-corrected chi connectivity index (χ0v) is 42.9. The first-order valence-corrected chi connectivity index (χ1v) is 24.5. The van der Waals surface area contributed by atoms with Crippen molar-refractivity contribution in [3.05, 3.63) is 146 Å². The third-order valence-electron chi connectivity index (χ3n) is 14.6. The molecule has 0 radical (unpaired) electrons. The molecule has 0 fully saturated rings. The molecular weight excluding hydrogens is 883 g/mol. The fraction of sp³-hybridized carbons (Fsp3) is 0.424. The lowest BCUT2D eigenvalue weighted by atomic mass is 9.71. The van der Waals surface area contributed by atoms with Gasteiger partial charge in [-0.05, 0) is 145 Å². The number of ketones is 1. The topological polar surface area (TPSA) is 128 Å². The highest BCUT2D eigenvalue weighted by molar-refractivity contribution is 6.04. The second-order valence-electron chi connectivity index (χ2n) is 20.3. The van der Waals surface area contributed by atoms with Crippen molar-refractivity contribution in [3.63, 3.8) is 0 Å². The minimum absolute atomic E-state index is 0.0344. The van der Waals surface area contributed by atoms with E-state index >= 15 is 0 Å². The van der Waals surface area contributed by atoms with Crippen molar-refractivity contribution in [2.75, 3.05) is 40.9 Å². The van der Waals surface area contributed by atoms with Crippen LogP contribution in [0.5, 0.6) is 34.5 Å². The second-order valence-corrected chi connectivity index (χ2v) is 20.3. The number of aryl methyl sites for hydroxylation is 4. The normalized spacial score (nSPS) is 16.2. The van der Waals surface area contributed by atoms with Gasteiger partial charge in [0.25, 0.3) is 5.91 Å². The van der Waals surface area contributed by atoms with Gasteiger partial charge in [-0.25, -0.2) is 0 Å². The van der Waals surface area contributed by atoms with Crippen LogP contribution in [0.1, 0.15) is 149 Å². The molecule has 70 heavy (non-hydrogen) atoms. The van der Waals surface area contributed by atoms with E-state index < -0.39 is 0 Å². The summed E-state index contributed by atoms with van der Waals surface area (Å²) in [7, 11) is 7.87. The predicted molar refractivity (Wildman–Crippen MR) is 273 cm³/mol. The standard InChI is InChI=1S/C31H36O5.C28H33NO5/c1-19-13-20-7-6-12-31(2,3)26(20)15-21(19)14-22-9-11-28(35-22)27(32)16-23-8-10-25-29(34-5)17-24(33-4)18-30(25)36-23;1-17-12-18-8-7-11-28(2,3)22(18)14-19(17)13-20-9-10-23(34-20)27(30)29-26-24(32-5)15-21(31-4)16-25(26)33-6/h9,11,13,15,17-18,23H,6-8,10,12,14,16H2,1-5H3;9-10,12,14-16H,7-8,11,13H2,1-6H3,(H,29,30). The minimum atomic E-state index is -0.378. The monoisotopic (exact) mass is 951 g/mol. The van der Waals surface area contributed by atoms with E-state index in [-0.39, 0.29) is 40.8 Å². The molecule has 1 atom stereocenters. The van der Waals surface area contributed by atoms with Gasteiger partial charge in [0.05, 0.1) is 42.0 Å². The number of benzene rings is 4. The smallest absolute Gasteiger partial charge is 0.291 e. The third-order valence-corrected chi connectivity index (χ3v) is 14.6. The Labute approximate surface area is 413 Å². The van der Waals surface area contributed by atoms with E-state index in [0.717, 1.165) is 54.3 Å². The molecule has 3 aliphatic rings. The molecule has 1 aliphatic heterocycles. The second kappa shape index (κ2) is 20.8. The number of methoxy groups -OCH3 is 5. The van der Waals surface area contributed by atoms with Crippen molar-refractivity contribution in [3.8, 4) is 34.5 Å². The maximum absolute atomic E-state index is 13.1. The lowest BCUT2D eigenvalue weighted by Gasteiger charge is -2.33. The number of amides is 1. The molecule has 4 aromatic carbocycles. The summed E-state index contributed by atoms with van der Waals surface area (Å²) in [4.78, 5) is 26.0. The summed E-state index contributed by atoms with van der Waals surface area (Å²) in [6.07, 6.45) is 10.1. The van der Waals surface area contributed by atoms with Gasteiger partial charge in [0.2, 0.25) is 5.78 Å².